The molecule has 1 aromatic carbocycles. The van der Waals surface area contributed by atoms with E-state index in [0.717, 1.165) is 64.1 Å². The third-order valence-corrected chi connectivity index (χ3v) is 5.05. The second-order valence-corrected chi connectivity index (χ2v) is 6.71. The van der Waals surface area contributed by atoms with E-state index < -0.39 is 0 Å². The van der Waals surface area contributed by atoms with Crippen LogP contribution in [0.2, 0.25) is 0 Å². The van der Waals surface area contributed by atoms with Gasteiger partial charge in [0.2, 0.25) is 5.95 Å². The van der Waals surface area contributed by atoms with Crippen LogP contribution in [0.3, 0.4) is 0 Å². The first-order chi connectivity index (χ1) is 12.3. The van der Waals surface area contributed by atoms with E-state index in [2.05, 4.69) is 67.2 Å². The van der Waals surface area contributed by atoms with Crippen LogP contribution < -0.4 is 14.7 Å². The Balaban J connectivity index is 1.40. The molecule has 0 atom stereocenters. The normalized spacial score (nSPS) is 19.3. The lowest BCUT2D eigenvalue weighted by Gasteiger charge is -2.37. The van der Waals surface area contributed by atoms with E-state index in [1.54, 1.807) is 6.20 Å². The highest BCUT2D eigenvalue weighted by atomic mass is 15.4. The Labute approximate surface area is 148 Å². The maximum atomic E-state index is 4.78. The Morgan fingerprint density at radius 2 is 1.40 bits per heavy atom. The summed E-state index contributed by atoms with van der Waals surface area (Å²) in [6.07, 6.45) is 1.79. The second kappa shape index (κ2) is 7.23. The van der Waals surface area contributed by atoms with Crippen LogP contribution in [0.1, 0.15) is 0 Å². The molecule has 7 nitrogen and oxygen atoms in total. The number of aromatic nitrogens is 3. The molecule has 2 fully saturated rings. The molecule has 0 bridgehead atoms. The minimum absolute atomic E-state index is 0.760. The van der Waals surface area contributed by atoms with Crippen LogP contribution in [0.4, 0.5) is 17.5 Å². The smallest absolute Gasteiger partial charge is 0.247 e. The van der Waals surface area contributed by atoms with Crippen molar-refractivity contribution in [2.24, 2.45) is 0 Å². The number of rotatable bonds is 3. The minimum atomic E-state index is 0.760. The van der Waals surface area contributed by atoms with Gasteiger partial charge in [-0.1, -0.05) is 18.2 Å². The summed E-state index contributed by atoms with van der Waals surface area (Å²) in [5.74, 6) is 1.70. The molecule has 0 amide bonds. The van der Waals surface area contributed by atoms with Gasteiger partial charge in [0.25, 0.3) is 0 Å². The maximum absolute atomic E-state index is 4.78. The van der Waals surface area contributed by atoms with E-state index in [0.29, 0.717) is 0 Å². The highest BCUT2D eigenvalue weighted by Gasteiger charge is 2.21. The summed E-state index contributed by atoms with van der Waals surface area (Å²) in [7, 11) is 2.15. The van der Waals surface area contributed by atoms with Crippen molar-refractivity contribution >= 4 is 17.5 Å². The van der Waals surface area contributed by atoms with E-state index >= 15 is 0 Å². The average Bonchev–Trinajstić information content (AvgIpc) is 2.69. The fourth-order valence-corrected chi connectivity index (χ4v) is 3.41. The van der Waals surface area contributed by atoms with Gasteiger partial charge in [-0.15, -0.1) is 5.10 Å². The van der Waals surface area contributed by atoms with Crippen LogP contribution in [0.5, 0.6) is 0 Å². The molecule has 0 unspecified atom stereocenters. The Hall–Kier alpha value is -2.41. The molecule has 7 heteroatoms. The van der Waals surface area contributed by atoms with Gasteiger partial charge in [-0.25, -0.2) is 0 Å². The Kier molecular flexibility index (Phi) is 4.65. The first-order valence-corrected chi connectivity index (χ1v) is 8.98. The van der Waals surface area contributed by atoms with Gasteiger partial charge < -0.3 is 19.6 Å². The van der Waals surface area contributed by atoms with Gasteiger partial charge in [-0.2, -0.15) is 10.1 Å². The minimum Gasteiger partial charge on any atom is -0.368 e. The fraction of sp³-hybridized carbons (Fsp3) is 0.500. The number of benzene rings is 1. The van der Waals surface area contributed by atoms with Gasteiger partial charge in [0.1, 0.15) is 0 Å². The molecule has 132 valence electrons. The van der Waals surface area contributed by atoms with Crippen molar-refractivity contribution in [3.05, 3.63) is 36.5 Å². The molecule has 25 heavy (non-hydrogen) atoms. The molecule has 3 heterocycles. The number of para-hydroxylation sites is 1. The van der Waals surface area contributed by atoms with Crippen molar-refractivity contribution in [1.82, 2.24) is 20.1 Å². The topological polar surface area (TPSA) is 51.6 Å². The van der Waals surface area contributed by atoms with Crippen molar-refractivity contribution < 1.29 is 0 Å². The lowest BCUT2D eigenvalue weighted by Crippen LogP contribution is -2.47. The van der Waals surface area contributed by atoms with E-state index in [1.165, 1.54) is 5.69 Å². The standard InChI is InChI=1S/C18H25N7/c1-22-7-9-25(10-8-22)18-20-17(15-19-21-18)24-13-11-23(12-14-24)16-5-3-2-4-6-16/h2-6,15H,7-14H2,1H3. The molecular formula is C18H25N7. The zero-order valence-electron chi connectivity index (χ0n) is 14.8. The van der Waals surface area contributed by atoms with Gasteiger partial charge in [-0.05, 0) is 19.2 Å². The molecule has 2 saturated heterocycles. The van der Waals surface area contributed by atoms with E-state index in [9.17, 15) is 0 Å². The molecular weight excluding hydrogens is 314 g/mol. The summed E-state index contributed by atoms with van der Waals surface area (Å²) < 4.78 is 0. The van der Waals surface area contributed by atoms with Crippen LogP contribution in [-0.2, 0) is 0 Å². The summed E-state index contributed by atoms with van der Waals surface area (Å²) >= 11 is 0. The second-order valence-electron chi connectivity index (χ2n) is 6.71. The fourth-order valence-electron chi connectivity index (χ4n) is 3.41. The number of piperazine rings is 2. The summed E-state index contributed by atoms with van der Waals surface area (Å²) in [4.78, 5) is 14.1. The SMILES string of the molecule is CN1CCN(c2nncc(N3CCN(c4ccccc4)CC3)n2)CC1. The predicted octanol–water partition coefficient (Wildman–Crippen LogP) is 0.950. The Morgan fingerprint density at radius 1 is 0.760 bits per heavy atom. The molecule has 0 spiro atoms. The van der Waals surface area contributed by atoms with Crippen LogP contribution in [0.25, 0.3) is 0 Å². The first kappa shape index (κ1) is 16.1. The first-order valence-electron chi connectivity index (χ1n) is 8.98. The molecule has 1 aromatic heterocycles. The largest absolute Gasteiger partial charge is 0.368 e. The van der Waals surface area contributed by atoms with Crippen LogP contribution in [0, 0.1) is 0 Å². The van der Waals surface area contributed by atoms with Crippen LogP contribution in [-0.4, -0.2) is 79.5 Å². The zero-order valence-corrected chi connectivity index (χ0v) is 14.8. The Bertz CT molecular complexity index is 677. The molecule has 2 aliphatic heterocycles. The molecule has 0 N–H and O–H groups in total. The molecule has 0 radical (unpaired) electrons. The summed E-state index contributed by atoms with van der Waals surface area (Å²) in [6, 6.07) is 10.6. The van der Waals surface area contributed by atoms with Gasteiger partial charge in [0.05, 0.1) is 6.20 Å². The quantitative estimate of drug-likeness (QED) is 0.825. The molecule has 4 rings (SSSR count). The van der Waals surface area contributed by atoms with Gasteiger partial charge in [0.15, 0.2) is 5.82 Å². The van der Waals surface area contributed by atoms with Gasteiger partial charge >= 0.3 is 0 Å². The average molecular weight is 339 g/mol. The lowest BCUT2D eigenvalue weighted by atomic mass is 10.2. The van der Waals surface area contributed by atoms with Crippen molar-refractivity contribution in [3.8, 4) is 0 Å². The van der Waals surface area contributed by atoms with Crippen molar-refractivity contribution in [2.45, 2.75) is 0 Å². The number of hydrogen-bond acceptors (Lipinski definition) is 7. The summed E-state index contributed by atoms with van der Waals surface area (Å²) in [5, 5.41) is 8.46. The van der Waals surface area contributed by atoms with E-state index in [-0.39, 0.29) is 0 Å². The zero-order chi connectivity index (χ0) is 17.1. The number of likely N-dealkylation sites (N-methyl/N-ethyl adjacent to an activating group) is 1. The maximum Gasteiger partial charge on any atom is 0.247 e. The summed E-state index contributed by atoms with van der Waals surface area (Å²) in [6.45, 7) is 7.92. The number of nitrogens with zero attached hydrogens (tertiary/aromatic N) is 7. The lowest BCUT2D eigenvalue weighted by molar-refractivity contribution is 0.311. The van der Waals surface area contributed by atoms with Crippen LogP contribution >= 0.6 is 0 Å². The van der Waals surface area contributed by atoms with Crippen molar-refractivity contribution in [2.75, 3.05) is 74.1 Å². The van der Waals surface area contributed by atoms with Gasteiger partial charge in [-0.3, -0.25) is 0 Å². The highest BCUT2D eigenvalue weighted by molar-refractivity contribution is 5.49. The van der Waals surface area contributed by atoms with Crippen molar-refractivity contribution in [3.63, 3.8) is 0 Å². The number of anilines is 3. The van der Waals surface area contributed by atoms with E-state index in [4.69, 9.17) is 4.98 Å². The Morgan fingerprint density at radius 3 is 2.12 bits per heavy atom. The monoisotopic (exact) mass is 339 g/mol. The molecule has 2 aliphatic rings. The molecule has 0 saturated carbocycles. The van der Waals surface area contributed by atoms with Gasteiger partial charge in [0, 0.05) is 58.0 Å². The number of hydrogen-bond donors (Lipinski definition) is 0. The summed E-state index contributed by atoms with van der Waals surface area (Å²) in [5.41, 5.74) is 1.29. The highest BCUT2D eigenvalue weighted by Crippen LogP contribution is 2.20. The predicted molar refractivity (Wildman–Crippen MR) is 100 cm³/mol. The van der Waals surface area contributed by atoms with E-state index in [1.807, 2.05) is 0 Å². The van der Waals surface area contributed by atoms with Crippen molar-refractivity contribution in [1.29, 1.82) is 0 Å². The molecule has 2 aromatic rings. The third-order valence-electron chi connectivity index (χ3n) is 5.05. The third kappa shape index (κ3) is 3.66. The molecule has 0 aliphatic carbocycles. The van der Waals surface area contributed by atoms with Crippen LogP contribution in [0.15, 0.2) is 36.5 Å².